The molecule has 70 heavy (non-hydrogen) atoms. The summed E-state index contributed by atoms with van der Waals surface area (Å²) in [6.07, 6.45) is 0. The van der Waals surface area contributed by atoms with Gasteiger partial charge in [0, 0.05) is 68.5 Å². The van der Waals surface area contributed by atoms with E-state index >= 15 is 0 Å². The van der Waals surface area contributed by atoms with Crippen LogP contribution in [0.3, 0.4) is 0 Å². The number of hydrogen-bond donors (Lipinski definition) is 0. The lowest BCUT2D eigenvalue weighted by Crippen LogP contribution is -2.28. The standard InChI is InChI=1S/C67H43NS2/c1-4-18-46(19-5-1)67(47-20-6-2-7-21-47)61-31-13-10-24-52(61)53-41-39-50(43-62(53)67)68(48-22-8-3-9-23-48)49-37-34-44(35-38-49)45-36-40-51(56-27-16-28-57-54-25-11-14-32-63(54)69-65(56)57)60(42-45)59-30-17-29-58-55-26-12-15-33-64(55)70-66(58)59/h1-43H. The first kappa shape index (κ1) is 40.7. The van der Waals surface area contributed by atoms with Gasteiger partial charge in [-0.1, -0.05) is 206 Å². The monoisotopic (exact) mass is 925 g/mol. The molecule has 0 bridgehead atoms. The van der Waals surface area contributed by atoms with E-state index in [-0.39, 0.29) is 0 Å². The third-order valence-electron chi connectivity index (χ3n) is 14.6. The molecule has 0 spiro atoms. The molecular formula is C67H43NS2. The molecule has 2 aromatic heterocycles. The lowest BCUT2D eigenvalue weighted by Gasteiger charge is -2.35. The van der Waals surface area contributed by atoms with Crippen LogP contribution in [0.5, 0.6) is 0 Å². The predicted octanol–water partition coefficient (Wildman–Crippen LogP) is 19.3. The zero-order valence-corrected chi connectivity index (χ0v) is 39.7. The van der Waals surface area contributed by atoms with Crippen molar-refractivity contribution in [3.05, 3.63) is 283 Å². The van der Waals surface area contributed by atoms with Crippen molar-refractivity contribution in [2.24, 2.45) is 0 Å². The van der Waals surface area contributed by atoms with Gasteiger partial charge in [-0.3, -0.25) is 0 Å². The van der Waals surface area contributed by atoms with Gasteiger partial charge in [0.05, 0.1) is 5.41 Å². The highest BCUT2D eigenvalue weighted by atomic mass is 32.1. The SMILES string of the molecule is c1ccc(N(c2ccc(-c3ccc(-c4cccc5c4sc4ccccc45)c(-c4cccc5c4sc4ccccc45)c3)cc2)c2ccc3c(c2)C(c2ccccc2)(c2ccccc2)c2ccccc2-3)cc1. The highest BCUT2D eigenvalue weighted by Gasteiger charge is 2.46. The van der Waals surface area contributed by atoms with Gasteiger partial charge in [-0.2, -0.15) is 0 Å². The average molecular weight is 926 g/mol. The van der Waals surface area contributed by atoms with Crippen molar-refractivity contribution < 1.29 is 0 Å². The Balaban J connectivity index is 0.926. The Kier molecular flexibility index (Phi) is 9.55. The van der Waals surface area contributed by atoms with Crippen LogP contribution >= 0.6 is 22.7 Å². The Morgan fingerprint density at radius 3 is 1.37 bits per heavy atom. The van der Waals surface area contributed by atoms with Crippen LogP contribution in [0, 0.1) is 0 Å². The molecule has 0 fully saturated rings. The summed E-state index contributed by atoms with van der Waals surface area (Å²) >= 11 is 3.79. The summed E-state index contributed by atoms with van der Waals surface area (Å²) in [7, 11) is 0. The molecule has 1 aliphatic carbocycles. The largest absolute Gasteiger partial charge is 0.310 e. The van der Waals surface area contributed by atoms with E-state index in [1.165, 1.54) is 107 Å². The van der Waals surface area contributed by atoms with Crippen LogP contribution in [0.1, 0.15) is 22.3 Å². The van der Waals surface area contributed by atoms with Crippen molar-refractivity contribution in [3.63, 3.8) is 0 Å². The van der Waals surface area contributed by atoms with Crippen LogP contribution in [-0.4, -0.2) is 0 Å². The lowest BCUT2D eigenvalue weighted by atomic mass is 9.67. The molecule has 0 atom stereocenters. The van der Waals surface area contributed by atoms with E-state index in [2.05, 4.69) is 266 Å². The molecule has 0 unspecified atom stereocenters. The maximum Gasteiger partial charge on any atom is 0.0714 e. The molecule has 0 N–H and O–H groups in total. The van der Waals surface area contributed by atoms with Crippen LogP contribution < -0.4 is 4.90 Å². The quantitative estimate of drug-likeness (QED) is 0.147. The summed E-state index contributed by atoms with van der Waals surface area (Å²) in [6.45, 7) is 0. The first-order valence-corrected chi connectivity index (χ1v) is 25.6. The van der Waals surface area contributed by atoms with E-state index in [1.54, 1.807) is 0 Å². The summed E-state index contributed by atoms with van der Waals surface area (Å²) in [5, 5.41) is 5.24. The van der Waals surface area contributed by atoms with Gasteiger partial charge in [-0.05, 0) is 110 Å². The molecule has 11 aromatic carbocycles. The smallest absolute Gasteiger partial charge is 0.0714 e. The van der Waals surface area contributed by atoms with E-state index in [0.717, 1.165) is 17.1 Å². The molecule has 0 radical (unpaired) electrons. The van der Waals surface area contributed by atoms with E-state index in [0.29, 0.717) is 0 Å². The van der Waals surface area contributed by atoms with E-state index in [4.69, 9.17) is 0 Å². The normalized spacial score (nSPS) is 12.7. The summed E-state index contributed by atoms with van der Waals surface area (Å²) in [5.74, 6) is 0. The lowest BCUT2D eigenvalue weighted by molar-refractivity contribution is 0.768. The zero-order valence-electron chi connectivity index (χ0n) is 38.1. The van der Waals surface area contributed by atoms with Crippen LogP contribution in [0.4, 0.5) is 17.1 Å². The summed E-state index contributed by atoms with van der Waals surface area (Å²) in [6, 6.07) is 96.7. The molecule has 2 heterocycles. The number of benzene rings is 11. The van der Waals surface area contributed by atoms with Gasteiger partial charge in [0.25, 0.3) is 0 Å². The summed E-state index contributed by atoms with van der Waals surface area (Å²) in [4.78, 5) is 2.41. The van der Waals surface area contributed by atoms with Crippen molar-refractivity contribution in [2.45, 2.75) is 5.41 Å². The fourth-order valence-electron chi connectivity index (χ4n) is 11.5. The highest BCUT2D eigenvalue weighted by molar-refractivity contribution is 7.26. The molecule has 0 saturated heterocycles. The number of fused-ring (bicyclic) bond motifs is 9. The third-order valence-corrected chi connectivity index (χ3v) is 17.0. The Labute approximate surface area is 415 Å². The molecule has 0 amide bonds. The molecule has 3 heteroatoms. The molecule has 328 valence electrons. The summed E-state index contributed by atoms with van der Waals surface area (Å²) in [5.41, 5.74) is 17.9. The van der Waals surface area contributed by atoms with Crippen LogP contribution in [0.15, 0.2) is 261 Å². The van der Waals surface area contributed by atoms with Gasteiger partial charge in [-0.25, -0.2) is 0 Å². The topological polar surface area (TPSA) is 3.24 Å². The Morgan fingerprint density at radius 2 is 0.729 bits per heavy atom. The molecular weight excluding hydrogens is 883 g/mol. The van der Waals surface area contributed by atoms with Gasteiger partial charge in [-0.15, -0.1) is 22.7 Å². The minimum Gasteiger partial charge on any atom is -0.310 e. The maximum absolute atomic E-state index is 2.45. The van der Waals surface area contributed by atoms with Crippen molar-refractivity contribution in [1.82, 2.24) is 0 Å². The first-order chi connectivity index (χ1) is 34.7. The number of rotatable bonds is 8. The number of thiophene rings is 2. The van der Waals surface area contributed by atoms with Crippen molar-refractivity contribution >= 4 is 80.1 Å². The van der Waals surface area contributed by atoms with Crippen LogP contribution in [-0.2, 0) is 5.41 Å². The molecule has 0 aliphatic heterocycles. The predicted molar refractivity (Wildman–Crippen MR) is 301 cm³/mol. The fraction of sp³-hybridized carbons (Fsp3) is 0.0149. The molecule has 1 nitrogen and oxygen atoms in total. The minimum atomic E-state index is -0.497. The average Bonchev–Trinajstić information content (AvgIpc) is 4.11. The molecule has 1 aliphatic rings. The van der Waals surface area contributed by atoms with Crippen molar-refractivity contribution in [2.75, 3.05) is 4.90 Å². The van der Waals surface area contributed by atoms with Crippen molar-refractivity contribution in [3.8, 4) is 44.5 Å². The van der Waals surface area contributed by atoms with Gasteiger partial charge in [0.2, 0.25) is 0 Å². The van der Waals surface area contributed by atoms with Gasteiger partial charge < -0.3 is 4.90 Å². The van der Waals surface area contributed by atoms with Gasteiger partial charge >= 0.3 is 0 Å². The Hall–Kier alpha value is -8.34. The second-order valence-corrected chi connectivity index (χ2v) is 20.4. The molecule has 14 rings (SSSR count). The number of para-hydroxylation sites is 1. The minimum absolute atomic E-state index is 0.497. The van der Waals surface area contributed by atoms with Crippen LogP contribution in [0.25, 0.3) is 84.9 Å². The Bertz CT molecular complexity index is 4070. The fourth-order valence-corrected chi connectivity index (χ4v) is 14.0. The van der Waals surface area contributed by atoms with Crippen molar-refractivity contribution in [1.29, 1.82) is 0 Å². The second-order valence-electron chi connectivity index (χ2n) is 18.3. The third kappa shape index (κ3) is 6.29. The van der Waals surface area contributed by atoms with Crippen LogP contribution in [0.2, 0.25) is 0 Å². The van der Waals surface area contributed by atoms with E-state index in [9.17, 15) is 0 Å². The number of anilines is 3. The molecule has 0 saturated carbocycles. The second kappa shape index (κ2) is 16.4. The molecule has 13 aromatic rings. The maximum atomic E-state index is 2.45. The summed E-state index contributed by atoms with van der Waals surface area (Å²) < 4.78 is 5.27. The van der Waals surface area contributed by atoms with E-state index in [1.807, 2.05) is 22.7 Å². The van der Waals surface area contributed by atoms with Gasteiger partial charge in [0.15, 0.2) is 0 Å². The first-order valence-electron chi connectivity index (χ1n) is 24.0. The highest BCUT2D eigenvalue weighted by Crippen LogP contribution is 2.57. The zero-order chi connectivity index (χ0) is 46.2. The number of hydrogen-bond acceptors (Lipinski definition) is 3. The Morgan fingerprint density at radius 1 is 0.271 bits per heavy atom. The number of nitrogens with zero attached hydrogens (tertiary/aromatic N) is 1. The van der Waals surface area contributed by atoms with Gasteiger partial charge in [0.1, 0.15) is 0 Å². The van der Waals surface area contributed by atoms with E-state index < -0.39 is 5.41 Å².